The summed E-state index contributed by atoms with van der Waals surface area (Å²) in [4.78, 5) is -0.136. The fourth-order valence-corrected chi connectivity index (χ4v) is 2.58. The van der Waals surface area contributed by atoms with E-state index in [-0.39, 0.29) is 56.3 Å². The molecule has 0 aliphatic rings. The van der Waals surface area contributed by atoms with E-state index in [4.69, 9.17) is 0 Å². The average Bonchev–Trinajstić information content (AvgIpc) is 1.92. The van der Waals surface area contributed by atoms with E-state index < -0.39 is 10.1 Å². The van der Waals surface area contributed by atoms with Crippen LogP contribution in [0.1, 0.15) is 5.56 Å². The molecular weight excluding hydrogens is 330 g/mol. The Hall–Kier alpha value is 1.50. The molecule has 1 rings (SSSR count). The van der Waals surface area contributed by atoms with Gasteiger partial charge in [-0.1, -0.05) is 6.07 Å². The maximum Gasteiger partial charge on any atom is 1.00 e. The van der Waals surface area contributed by atoms with Crippen molar-refractivity contribution in [2.45, 2.75) is 11.8 Å². The molecule has 0 aliphatic carbocycles. The SMILES string of the molecule is Cc1ccc(I)c(S(=O)(=O)[O-])c1.[K+]. The largest absolute Gasteiger partial charge is 1.00 e. The van der Waals surface area contributed by atoms with Crippen molar-refractivity contribution in [2.24, 2.45) is 0 Å². The molecule has 0 bridgehead atoms. The van der Waals surface area contributed by atoms with Gasteiger partial charge >= 0.3 is 51.4 Å². The van der Waals surface area contributed by atoms with Gasteiger partial charge in [0.1, 0.15) is 10.1 Å². The first-order chi connectivity index (χ1) is 5.41. The van der Waals surface area contributed by atoms with Crippen LogP contribution in [0.5, 0.6) is 0 Å². The first-order valence-corrected chi connectivity index (χ1v) is 5.62. The van der Waals surface area contributed by atoms with Gasteiger partial charge < -0.3 is 4.55 Å². The second-order valence-electron chi connectivity index (χ2n) is 2.39. The Morgan fingerprint density at radius 2 is 1.92 bits per heavy atom. The smallest absolute Gasteiger partial charge is 0.744 e. The Kier molecular flexibility index (Phi) is 6.18. The van der Waals surface area contributed by atoms with Crippen LogP contribution < -0.4 is 51.4 Å². The van der Waals surface area contributed by atoms with Crippen molar-refractivity contribution in [2.75, 3.05) is 0 Å². The molecule has 1 aromatic carbocycles. The van der Waals surface area contributed by atoms with E-state index >= 15 is 0 Å². The molecule has 0 heterocycles. The molecule has 1 aromatic rings. The van der Waals surface area contributed by atoms with Crippen LogP contribution in [0.3, 0.4) is 0 Å². The number of hydrogen-bond acceptors (Lipinski definition) is 3. The zero-order valence-corrected chi connectivity index (χ0v) is 13.3. The summed E-state index contributed by atoms with van der Waals surface area (Å²) in [5, 5.41) is 0. The molecule has 0 fully saturated rings. The quantitative estimate of drug-likeness (QED) is 0.357. The summed E-state index contributed by atoms with van der Waals surface area (Å²) in [5.74, 6) is 0. The normalized spacial score (nSPS) is 10.7. The third kappa shape index (κ3) is 4.25. The molecule has 0 aliphatic heterocycles. The molecule has 0 saturated carbocycles. The summed E-state index contributed by atoms with van der Waals surface area (Å²) < 4.78 is 32.4. The van der Waals surface area contributed by atoms with Crippen molar-refractivity contribution in [3.63, 3.8) is 0 Å². The summed E-state index contributed by atoms with van der Waals surface area (Å²) >= 11 is 1.82. The number of rotatable bonds is 1. The third-order valence-electron chi connectivity index (χ3n) is 1.36. The fraction of sp³-hybridized carbons (Fsp3) is 0.143. The first-order valence-electron chi connectivity index (χ1n) is 3.13. The van der Waals surface area contributed by atoms with Crippen LogP contribution in [-0.2, 0) is 10.1 Å². The predicted octanol–water partition coefficient (Wildman–Crippen LogP) is -1.49. The molecule has 0 amide bonds. The van der Waals surface area contributed by atoms with Crippen LogP contribution in [0.15, 0.2) is 23.1 Å². The molecular formula is C7H6IKO3S. The molecule has 3 nitrogen and oxygen atoms in total. The van der Waals surface area contributed by atoms with E-state index in [1.165, 1.54) is 6.07 Å². The maximum absolute atomic E-state index is 10.6. The molecule has 0 unspecified atom stereocenters. The van der Waals surface area contributed by atoms with E-state index in [2.05, 4.69) is 0 Å². The van der Waals surface area contributed by atoms with Gasteiger partial charge in [0.15, 0.2) is 0 Å². The van der Waals surface area contributed by atoms with Crippen LogP contribution in [0, 0.1) is 10.5 Å². The molecule has 6 heteroatoms. The monoisotopic (exact) mass is 336 g/mol. The van der Waals surface area contributed by atoms with Gasteiger partial charge in [-0.2, -0.15) is 0 Å². The predicted molar refractivity (Wildman–Crippen MR) is 51.9 cm³/mol. The van der Waals surface area contributed by atoms with E-state index in [1.807, 2.05) is 22.6 Å². The first kappa shape index (κ1) is 14.5. The molecule has 0 saturated heterocycles. The van der Waals surface area contributed by atoms with Gasteiger partial charge in [0.25, 0.3) is 0 Å². The van der Waals surface area contributed by atoms with Crippen molar-refractivity contribution >= 4 is 32.7 Å². The van der Waals surface area contributed by atoms with Crippen molar-refractivity contribution in [1.82, 2.24) is 0 Å². The molecule has 0 N–H and O–H groups in total. The van der Waals surface area contributed by atoms with Crippen molar-refractivity contribution in [3.05, 3.63) is 27.3 Å². The minimum atomic E-state index is -4.31. The molecule has 0 aromatic heterocycles. The summed E-state index contributed by atoms with van der Waals surface area (Å²) in [6.45, 7) is 1.74. The third-order valence-corrected chi connectivity index (χ3v) is 3.54. The number of halogens is 1. The fourth-order valence-electron chi connectivity index (χ4n) is 0.802. The average molecular weight is 336 g/mol. The second-order valence-corrected chi connectivity index (χ2v) is 4.90. The van der Waals surface area contributed by atoms with Crippen LogP contribution in [0.4, 0.5) is 0 Å². The Bertz CT molecular complexity index is 402. The van der Waals surface area contributed by atoms with Gasteiger partial charge in [-0.3, -0.25) is 0 Å². The van der Waals surface area contributed by atoms with Crippen LogP contribution >= 0.6 is 22.6 Å². The van der Waals surface area contributed by atoms with Crippen molar-refractivity contribution in [3.8, 4) is 0 Å². The molecule has 0 radical (unpaired) electrons. The number of hydrogen-bond donors (Lipinski definition) is 0. The Morgan fingerprint density at radius 1 is 1.38 bits per heavy atom. The van der Waals surface area contributed by atoms with Gasteiger partial charge in [-0.25, -0.2) is 8.42 Å². The van der Waals surface area contributed by atoms with E-state index in [9.17, 15) is 13.0 Å². The van der Waals surface area contributed by atoms with Gasteiger partial charge in [-0.05, 0) is 47.2 Å². The van der Waals surface area contributed by atoms with Gasteiger partial charge in [0.2, 0.25) is 0 Å². The topological polar surface area (TPSA) is 57.2 Å². The van der Waals surface area contributed by atoms with Crippen molar-refractivity contribution in [1.29, 1.82) is 0 Å². The summed E-state index contributed by atoms with van der Waals surface area (Å²) in [5.41, 5.74) is 0.768. The van der Waals surface area contributed by atoms with Gasteiger partial charge in [0, 0.05) is 3.57 Å². The van der Waals surface area contributed by atoms with E-state index in [1.54, 1.807) is 19.1 Å². The number of aryl methyl sites for hydroxylation is 1. The maximum atomic E-state index is 10.6. The standard InChI is InChI=1S/C7H7IO3S.K/c1-5-2-3-6(8)7(4-5)12(9,10)11;/h2-4H,1H3,(H,9,10,11);/q;+1/p-1. The summed E-state index contributed by atoms with van der Waals surface area (Å²) in [7, 11) is -4.31. The number of benzene rings is 1. The molecule has 13 heavy (non-hydrogen) atoms. The zero-order chi connectivity index (χ0) is 9.35. The second kappa shape index (κ2) is 5.54. The van der Waals surface area contributed by atoms with Gasteiger partial charge in [-0.15, -0.1) is 0 Å². The molecule has 0 spiro atoms. The molecule has 0 atom stereocenters. The minimum Gasteiger partial charge on any atom is -0.744 e. The zero-order valence-electron chi connectivity index (χ0n) is 7.24. The van der Waals surface area contributed by atoms with Crippen LogP contribution in [0.25, 0.3) is 0 Å². The van der Waals surface area contributed by atoms with Crippen LogP contribution in [-0.4, -0.2) is 13.0 Å². The van der Waals surface area contributed by atoms with E-state index in [0.29, 0.717) is 3.57 Å². The Balaban J connectivity index is 0.00000144. The summed E-state index contributed by atoms with van der Waals surface area (Å²) in [6.07, 6.45) is 0. The van der Waals surface area contributed by atoms with E-state index in [0.717, 1.165) is 5.56 Å². The molecule has 66 valence electrons. The van der Waals surface area contributed by atoms with Gasteiger partial charge in [0.05, 0.1) is 4.90 Å². The Morgan fingerprint density at radius 3 is 2.31 bits per heavy atom. The minimum absolute atomic E-state index is 0. The summed E-state index contributed by atoms with van der Waals surface area (Å²) in [6, 6.07) is 4.75. The van der Waals surface area contributed by atoms with Crippen LogP contribution in [0.2, 0.25) is 0 Å². The van der Waals surface area contributed by atoms with Crippen molar-refractivity contribution < 1.29 is 64.4 Å². The Labute approximate surface area is 134 Å².